The minimum atomic E-state index is -0.283. The summed E-state index contributed by atoms with van der Waals surface area (Å²) in [7, 11) is 0. The molecule has 0 radical (unpaired) electrons. The Morgan fingerprint density at radius 2 is 1.79 bits per heavy atom. The summed E-state index contributed by atoms with van der Waals surface area (Å²) in [5.74, 6) is 1.88. The van der Waals surface area contributed by atoms with E-state index in [0.29, 0.717) is 11.6 Å². The van der Waals surface area contributed by atoms with Crippen molar-refractivity contribution < 1.29 is 9.13 Å². The summed E-state index contributed by atoms with van der Waals surface area (Å²) in [6, 6.07) is 9.94. The summed E-state index contributed by atoms with van der Waals surface area (Å²) in [5.41, 5.74) is 1.22. The quantitative estimate of drug-likeness (QED) is 0.669. The lowest BCUT2D eigenvalue weighted by Gasteiger charge is -2.02. The SMILES string of the molecule is CCn1nc(COc2ccc(F)cc2)nc1CCc1ccncc1. The molecule has 1 aromatic carbocycles. The molecule has 5 nitrogen and oxygen atoms in total. The number of halogens is 1. The Morgan fingerprint density at radius 3 is 2.50 bits per heavy atom. The van der Waals surface area contributed by atoms with E-state index in [1.165, 1.54) is 17.7 Å². The molecule has 2 aromatic heterocycles. The standard InChI is InChI=1S/C18H19FN4O/c1-2-23-18(8-3-14-9-11-20-12-10-14)21-17(22-23)13-24-16-6-4-15(19)5-7-16/h4-7,9-12H,2-3,8,13H2,1H3. The monoisotopic (exact) mass is 326 g/mol. The largest absolute Gasteiger partial charge is 0.486 e. The van der Waals surface area contributed by atoms with Crippen LogP contribution in [0.3, 0.4) is 0 Å². The second-order valence-electron chi connectivity index (χ2n) is 5.36. The lowest BCUT2D eigenvalue weighted by atomic mass is 10.1. The Hall–Kier alpha value is -2.76. The van der Waals surface area contributed by atoms with Crippen LogP contribution >= 0.6 is 0 Å². The summed E-state index contributed by atoms with van der Waals surface area (Å²) in [6.07, 6.45) is 5.28. The molecule has 0 saturated heterocycles. The second-order valence-corrected chi connectivity index (χ2v) is 5.36. The smallest absolute Gasteiger partial charge is 0.188 e. The summed E-state index contributed by atoms with van der Waals surface area (Å²) in [5, 5.41) is 4.47. The van der Waals surface area contributed by atoms with Gasteiger partial charge in [0.15, 0.2) is 5.82 Å². The molecule has 124 valence electrons. The second kappa shape index (κ2) is 7.68. The first-order valence-corrected chi connectivity index (χ1v) is 7.94. The molecule has 0 spiro atoms. The molecule has 0 atom stereocenters. The molecule has 0 bridgehead atoms. The maximum Gasteiger partial charge on any atom is 0.188 e. The molecule has 6 heteroatoms. The van der Waals surface area contributed by atoms with E-state index in [4.69, 9.17) is 4.74 Å². The number of aromatic nitrogens is 4. The fourth-order valence-corrected chi connectivity index (χ4v) is 2.41. The van der Waals surface area contributed by atoms with E-state index in [-0.39, 0.29) is 12.4 Å². The highest BCUT2D eigenvalue weighted by atomic mass is 19.1. The van der Waals surface area contributed by atoms with Crippen molar-refractivity contribution in [3.05, 3.63) is 71.8 Å². The number of hydrogen-bond donors (Lipinski definition) is 0. The molecule has 0 N–H and O–H groups in total. The van der Waals surface area contributed by atoms with Gasteiger partial charge < -0.3 is 4.74 Å². The van der Waals surface area contributed by atoms with Crippen LogP contribution in [0.2, 0.25) is 0 Å². The fourth-order valence-electron chi connectivity index (χ4n) is 2.41. The molecule has 0 unspecified atom stereocenters. The van der Waals surface area contributed by atoms with Crippen LogP contribution in [0.15, 0.2) is 48.8 Å². The van der Waals surface area contributed by atoms with Crippen LogP contribution in [0.5, 0.6) is 5.75 Å². The van der Waals surface area contributed by atoms with Crippen molar-refractivity contribution in [1.82, 2.24) is 19.7 Å². The van der Waals surface area contributed by atoms with E-state index in [2.05, 4.69) is 15.1 Å². The molecular weight excluding hydrogens is 307 g/mol. The molecule has 3 rings (SSSR count). The van der Waals surface area contributed by atoms with Gasteiger partial charge >= 0.3 is 0 Å². The van der Waals surface area contributed by atoms with Crippen LogP contribution in [0, 0.1) is 5.82 Å². The summed E-state index contributed by atoms with van der Waals surface area (Å²) < 4.78 is 20.4. The minimum absolute atomic E-state index is 0.265. The Kier molecular flexibility index (Phi) is 5.15. The van der Waals surface area contributed by atoms with E-state index in [0.717, 1.165) is 25.2 Å². The highest BCUT2D eigenvalue weighted by Crippen LogP contribution is 2.13. The maximum atomic E-state index is 12.9. The number of ether oxygens (including phenoxy) is 1. The van der Waals surface area contributed by atoms with Crippen LogP contribution in [0.1, 0.15) is 24.1 Å². The van der Waals surface area contributed by atoms with Gasteiger partial charge in [-0.15, -0.1) is 0 Å². The molecule has 3 aromatic rings. The van der Waals surface area contributed by atoms with Gasteiger partial charge in [0.25, 0.3) is 0 Å². The summed E-state index contributed by atoms with van der Waals surface area (Å²) in [6.45, 7) is 3.06. The predicted molar refractivity (Wildman–Crippen MR) is 88.1 cm³/mol. The summed E-state index contributed by atoms with van der Waals surface area (Å²) >= 11 is 0. The molecule has 2 heterocycles. The molecule has 0 aliphatic rings. The van der Waals surface area contributed by atoms with Crippen molar-refractivity contribution in [2.45, 2.75) is 32.9 Å². The Balaban J connectivity index is 1.62. The first-order chi connectivity index (χ1) is 11.7. The Morgan fingerprint density at radius 1 is 1.04 bits per heavy atom. The number of benzene rings is 1. The van der Waals surface area contributed by atoms with Crippen LogP contribution in [-0.4, -0.2) is 19.7 Å². The minimum Gasteiger partial charge on any atom is -0.486 e. The number of rotatable bonds is 7. The molecule has 0 aliphatic heterocycles. The number of hydrogen-bond acceptors (Lipinski definition) is 4. The van der Waals surface area contributed by atoms with Gasteiger partial charge in [-0.3, -0.25) is 4.98 Å². The van der Waals surface area contributed by atoms with Gasteiger partial charge in [0, 0.05) is 25.4 Å². The summed E-state index contributed by atoms with van der Waals surface area (Å²) in [4.78, 5) is 8.59. The van der Waals surface area contributed by atoms with Crippen LogP contribution in [-0.2, 0) is 26.0 Å². The normalized spacial score (nSPS) is 10.8. The number of aryl methyl sites for hydroxylation is 3. The molecular formula is C18H19FN4O. The van der Waals surface area contributed by atoms with E-state index in [9.17, 15) is 4.39 Å². The zero-order chi connectivity index (χ0) is 16.8. The Labute approximate surface area is 140 Å². The topological polar surface area (TPSA) is 52.8 Å². The van der Waals surface area contributed by atoms with Gasteiger partial charge in [-0.1, -0.05) is 0 Å². The van der Waals surface area contributed by atoms with E-state index in [1.807, 2.05) is 23.7 Å². The molecule has 0 aliphatic carbocycles. The van der Waals surface area contributed by atoms with Crippen molar-refractivity contribution in [3.63, 3.8) is 0 Å². The van der Waals surface area contributed by atoms with Gasteiger partial charge in [-0.25, -0.2) is 14.1 Å². The van der Waals surface area contributed by atoms with Gasteiger partial charge in [-0.05, 0) is 55.3 Å². The predicted octanol–water partition coefficient (Wildman–Crippen LogP) is 3.20. The van der Waals surface area contributed by atoms with Crippen molar-refractivity contribution in [3.8, 4) is 5.75 Å². The molecule has 0 saturated carbocycles. The van der Waals surface area contributed by atoms with Crippen LogP contribution < -0.4 is 4.74 Å². The van der Waals surface area contributed by atoms with Gasteiger partial charge in [0.05, 0.1) is 0 Å². The lowest BCUT2D eigenvalue weighted by Crippen LogP contribution is -2.05. The number of nitrogens with zero attached hydrogens (tertiary/aromatic N) is 4. The first-order valence-electron chi connectivity index (χ1n) is 7.94. The highest BCUT2D eigenvalue weighted by Gasteiger charge is 2.10. The average Bonchev–Trinajstić information content (AvgIpc) is 3.03. The van der Waals surface area contributed by atoms with Crippen molar-refractivity contribution in [2.75, 3.05) is 0 Å². The molecule has 24 heavy (non-hydrogen) atoms. The first kappa shape index (κ1) is 16.1. The third-order valence-electron chi connectivity index (χ3n) is 3.66. The van der Waals surface area contributed by atoms with E-state index < -0.39 is 0 Å². The van der Waals surface area contributed by atoms with Gasteiger partial charge in [0.2, 0.25) is 0 Å². The third kappa shape index (κ3) is 4.16. The third-order valence-corrected chi connectivity index (χ3v) is 3.66. The maximum absolute atomic E-state index is 12.9. The fraction of sp³-hybridized carbons (Fsp3) is 0.278. The number of pyridine rings is 1. The van der Waals surface area contributed by atoms with Crippen LogP contribution in [0.25, 0.3) is 0 Å². The van der Waals surface area contributed by atoms with Crippen molar-refractivity contribution in [2.24, 2.45) is 0 Å². The van der Waals surface area contributed by atoms with E-state index in [1.54, 1.807) is 24.5 Å². The molecule has 0 amide bonds. The van der Waals surface area contributed by atoms with Crippen molar-refractivity contribution in [1.29, 1.82) is 0 Å². The van der Waals surface area contributed by atoms with E-state index >= 15 is 0 Å². The van der Waals surface area contributed by atoms with Gasteiger partial charge in [-0.2, -0.15) is 5.10 Å². The zero-order valence-corrected chi connectivity index (χ0v) is 13.5. The zero-order valence-electron chi connectivity index (χ0n) is 13.5. The Bertz CT molecular complexity index is 771. The highest BCUT2D eigenvalue weighted by molar-refractivity contribution is 5.22. The lowest BCUT2D eigenvalue weighted by molar-refractivity contribution is 0.294. The molecule has 0 fully saturated rings. The van der Waals surface area contributed by atoms with Gasteiger partial charge in [0.1, 0.15) is 24.0 Å². The average molecular weight is 326 g/mol. The van der Waals surface area contributed by atoms with Crippen LogP contribution in [0.4, 0.5) is 4.39 Å². The van der Waals surface area contributed by atoms with Crippen molar-refractivity contribution >= 4 is 0 Å².